The first-order valence-electron chi connectivity index (χ1n) is 4.76. The minimum absolute atomic E-state index is 0. The van der Waals surface area contributed by atoms with Crippen molar-refractivity contribution in [2.24, 2.45) is 0 Å². The van der Waals surface area contributed by atoms with Crippen LogP contribution in [0.4, 0.5) is 0 Å². The van der Waals surface area contributed by atoms with Crippen LogP contribution in [0.25, 0.3) is 0 Å². The Kier molecular flexibility index (Phi) is 4.99. The standard InChI is InChI=1S/C10H14BrN3.ClH/c1-14(10-5-13-6-10)7-8-2-9(11)4-12-3-8;/h2-4,10,13H,5-7H2,1H3;1H. The van der Waals surface area contributed by atoms with Gasteiger partial charge in [-0.1, -0.05) is 0 Å². The average Bonchev–Trinajstić information content (AvgIpc) is 1.99. The molecule has 3 nitrogen and oxygen atoms in total. The summed E-state index contributed by atoms with van der Waals surface area (Å²) in [7, 11) is 2.16. The zero-order chi connectivity index (χ0) is 9.97. The lowest BCUT2D eigenvalue weighted by Crippen LogP contribution is -2.55. The fourth-order valence-electron chi connectivity index (χ4n) is 1.54. The molecule has 1 aliphatic heterocycles. The Balaban J connectivity index is 0.00000112. The Morgan fingerprint density at radius 1 is 1.53 bits per heavy atom. The maximum atomic E-state index is 4.15. The van der Waals surface area contributed by atoms with Crippen molar-refractivity contribution in [3.05, 3.63) is 28.5 Å². The van der Waals surface area contributed by atoms with Gasteiger partial charge in [-0.05, 0) is 34.6 Å². The van der Waals surface area contributed by atoms with E-state index in [1.807, 2.05) is 12.4 Å². The molecule has 0 aliphatic carbocycles. The normalized spacial score (nSPS) is 15.9. The first-order chi connectivity index (χ1) is 6.75. The molecule has 0 unspecified atom stereocenters. The lowest BCUT2D eigenvalue weighted by molar-refractivity contribution is 0.173. The SMILES string of the molecule is CN(Cc1cncc(Br)c1)C1CNC1.Cl. The monoisotopic (exact) mass is 291 g/mol. The van der Waals surface area contributed by atoms with Gasteiger partial charge in [-0.3, -0.25) is 9.88 Å². The summed E-state index contributed by atoms with van der Waals surface area (Å²) in [5.74, 6) is 0. The zero-order valence-corrected chi connectivity index (χ0v) is 11.0. The van der Waals surface area contributed by atoms with Crippen molar-refractivity contribution in [3.63, 3.8) is 0 Å². The van der Waals surface area contributed by atoms with Crippen LogP contribution < -0.4 is 5.32 Å². The number of hydrogen-bond donors (Lipinski definition) is 1. The van der Waals surface area contributed by atoms with Gasteiger partial charge in [0.25, 0.3) is 0 Å². The summed E-state index contributed by atoms with van der Waals surface area (Å²) >= 11 is 3.43. The van der Waals surface area contributed by atoms with E-state index in [0.29, 0.717) is 6.04 Å². The van der Waals surface area contributed by atoms with Crippen LogP contribution in [0.5, 0.6) is 0 Å². The number of pyridine rings is 1. The first-order valence-corrected chi connectivity index (χ1v) is 5.55. The van der Waals surface area contributed by atoms with Gasteiger partial charge in [0.05, 0.1) is 0 Å². The Morgan fingerprint density at radius 3 is 2.80 bits per heavy atom. The molecule has 1 aliphatic rings. The quantitative estimate of drug-likeness (QED) is 0.918. The molecule has 0 saturated carbocycles. The molecular formula is C10H15BrClN3. The molecule has 0 aromatic carbocycles. The van der Waals surface area contributed by atoms with Gasteiger partial charge in [0.2, 0.25) is 0 Å². The molecule has 0 atom stereocenters. The van der Waals surface area contributed by atoms with E-state index in [1.54, 1.807) is 0 Å². The van der Waals surface area contributed by atoms with Gasteiger partial charge in [0, 0.05) is 42.5 Å². The van der Waals surface area contributed by atoms with Crippen LogP contribution in [0.1, 0.15) is 5.56 Å². The molecule has 1 saturated heterocycles. The topological polar surface area (TPSA) is 28.2 Å². The van der Waals surface area contributed by atoms with Gasteiger partial charge in [0.1, 0.15) is 0 Å². The lowest BCUT2D eigenvalue weighted by Gasteiger charge is -2.35. The van der Waals surface area contributed by atoms with Crippen LogP contribution in [0.3, 0.4) is 0 Å². The summed E-state index contributed by atoms with van der Waals surface area (Å²) in [4.78, 5) is 6.51. The van der Waals surface area contributed by atoms with Crippen molar-refractivity contribution in [1.29, 1.82) is 0 Å². The van der Waals surface area contributed by atoms with Gasteiger partial charge >= 0.3 is 0 Å². The Bertz CT molecular complexity index is 317. The number of halogens is 2. The highest BCUT2D eigenvalue weighted by atomic mass is 79.9. The molecule has 84 valence electrons. The molecule has 0 amide bonds. The molecule has 5 heteroatoms. The van der Waals surface area contributed by atoms with Crippen molar-refractivity contribution in [2.75, 3.05) is 20.1 Å². The number of rotatable bonds is 3. The Hall–Kier alpha value is -0.160. The van der Waals surface area contributed by atoms with Gasteiger partial charge in [-0.25, -0.2) is 0 Å². The fraction of sp³-hybridized carbons (Fsp3) is 0.500. The van der Waals surface area contributed by atoms with E-state index in [4.69, 9.17) is 0 Å². The highest BCUT2D eigenvalue weighted by Crippen LogP contribution is 2.13. The Labute approximate surface area is 105 Å². The van der Waals surface area contributed by atoms with Crippen molar-refractivity contribution in [2.45, 2.75) is 12.6 Å². The van der Waals surface area contributed by atoms with Crippen molar-refractivity contribution in [1.82, 2.24) is 15.2 Å². The van der Waals surface area contributed by atoms with Crippen LogP contribution in [-0.2, 0) is 6.54 Å². The van der Waals surface area contributed by atoms with Crippen LogP contribution in [0.15, 0.2) is 22.9 Å². The molecular weight excluding hydrogens is 277 g/mol. The Morgan fingerprint density at radius 2 is 2.27 bits per heavy atom. The van der Waals surface area contributed by atoms with Gasteiger partial charge < -0.3 is 5.32 Å². The predicted octanol–water partition coefficient (Wildman–Crippen LogP) is 1.67. The summed E-state index contributed by atoms with van der Waals surface area (Å²) in [6.07, 6.45) is 3.74. The van der Waals surface area contributed by atoms with Crippen LogP contribution in [0, 0.1) is 0 Å². The molecule has 1 fully saturated rings. The highest BCUT2D eigenvalue weighted by molar-refractivity contribution is 9.10. The summed E-state index contributed by atoms with van der Waals surface area (Å²) < 4.78 is 1.05. The van der Waals surface area contributed by atoms with Gasteiger partial charge in [0.15, 0.2) is 0 Å². The van der Waals surface area contributed by atoms with Gasteiger partial charge in [-0.15, -0.1) is 12.4 Å². The summed E-state index contributed by atoms with van der Waals surface area (Å²) in [5, 5.41) is 3.27. The number of hydrogen-bond acceptors (Lipinski definition) is 3. The maximum Gasteiger partial charge on any atom is 0.0410 e. The lowest BCUT2D eigenvalue weighted by atomic mass is 10.1. The molecule has 0 spiro atoms. The fourth-order valence-corrected chi connectivity index (χ4v) is 1.96. The van der Waals surface area contributed by atoms with Crippen molar-refractivity contribution < 1.29 is 0 Å². The number of aromatic nitrogens is 1. The molecule has 2 rings (SSSR count). The number of nitrogens with one attached hydrogen (secondary N) is 1. The summed E-state index contributed by atoms with van der Waals surface area (Å²) in [6.45, 7) is 3.19. The van der Waals surface area contributed by atoms with E-state index in [-0.39, 0.29) is 12.4 Å². The first kappa shape index (κ1) is 12.9. The van der Waals surface area contributed by atoms with Crippen molar-refractivity contribution >= 4 is 28.3 Å². The molecule has 2 heterocycles. The van der Waals surface area contributed by atoms with E-state index in [9.17, 15) is 0 Å². The van der Waals surface area contributed by atoms with E-state index in [2.05, 4.69) is 44.2 Å². The number of likely N-dealkylation sites (N-methyl/N-ethyl adjacent to an activating group) is 1. The van der Waals surface area contributed by atoms with Gasteiger partial charge in [-0.2, -0.15) is 0 Å². The minimum Gasteiger partial charge on any atom is -0.314 e. The number of nitrogens with zero attached hydrogens (tertiary/aromatic N) is 2. The summed E-state index contributed by atoms with van der Waals surface area (Å²) in [6, 6.07) is 2.81. The van der Waals surface area contributed by atoms with E-state index < -0.39 is 0 Å². The molecule has 15 heavy (non-hydrogen) atoms. The zero-order valence-electron chi connectivity index (χ0n) is 8.61. The third-order valence-corrected chi connectivity index (χ3v) is 3.01. The van der Waals surface area contributed by atoms with E-state index >= 15 is 0 Å². The van der Waals surface area contributed by atoms with Crippen LogP contribution in [-0.4, -0.2) is 36.1 Å². The second kappa shape index (κ2) is 5.80. The van der Waals surface area contributed by atoms with Crippen LogP contribution in [0.2, 0.25) is 0 Å². The predicted molar refractivity (Wildman–Crippen MR) is 67.3 cm³/mol. The molecule has 1 N–H and O–H groups in total. The van der Waals surface area contributed by atoms with E-state index in [0.717, 1.165) is 24.1 Å². The van der Waals surface area contributed by atoms with Crippen molar-refractivity contribution in [3.8, 4) is 0 Å². The highest BCUT2D eigenvalue weighted by Gasteiger charge is 2.21. The largest absolute Gasteiger partial charge is 0.314 e. The molecule has 0 radical (unpaired) electrons. The summed E-state index contributed by atoms with van der Waals surface area (Å²) in [5.41, 5.74) is 1.26. The third-order valence-electron chi connectivity index (χ3n) is 2.58. The minimum atomic E-state index is 0. The third kappa shape index (κ3) is 3.41. The average molecular weight is 293 g/mol. The smallest absolute Gasteiger partial charge is 0.0410 e. The molecule has 1 aromatic rings. The molecule has 0 bridgehead atoms. The maximum absolute atomic E-state index is 4.15. The van der Waals surface area contributed by atoms with E-state index in [1.165, 1.54) is 5.56 Å². The second-order valence-corrected chi connectivity index (χ2v) is 4.65. The molecule has 1 aromatic heterocycles. The van der Waals surface area contributed by atoms with Crippen LogP contribution >= 0.6 is 28.3 Å². The second-order valence-electron chi connectivity index (χ2n) is 3.74.